The summed E-state index contributed by atoms with van der Waals surface area (Å²) < 4.78 is 66.4. The smallest absolute Gasteiger partial charge is 0.258 e. The molecule has 0 fully saturated rings. The minimum absolute atomic E-state index is 0.0620. The summed E-state index contributed by atoms with van der Waals surface area (Å²) in [7, 11) is -5.87. The van der Waals surface area contributed by atoms with E-state index in [2.05, 4.69) is 4.72 Å². The highest BCUT2D eigenvalue weighted by Gasteiger charge is 2.32. The molecule has 0 saturated carbocycles. The molecule has 0 radical (unpaired) electrons. The van der Waals surface area contributed by atoms with Crippen LogP contribution >= 0.6 is 0 Å². The molecule has 0 aliphatic carbocycles. The lowest BCUT2D eigenvalue weighted by molar-refractivity contribution is -0.00833. The predicted molar refractivity (Wildman–Crippen MR) is 162 cm³/mol. The number of carbonyl (C=O) groups excluding carboxylic acids is 1. The molecular weight excluding hydrogens is 582 g/mol. The fourth-order valence-corrected chi connectivity index (χ4v) is 6.55. The Labute approximate surface area is 249 Å². The van der Waals surface area contributed by atoms with Crippen molar-refractivity contribution < 1.29 is 36.2 Å². The Morgan fingerprint density at radius 3 is 2.43 bits per heavy atom. The second-order valence-electron chi connectivity index (χ2n) is 11.0. The average Bonchev–Trinajstić information content (AvgIpc) is 2.94. The van der Waals surface area contributed by atoms with Crippen molar-refractivity contribution in [3.8, 4) is 5.75 Å². The molecule has 11 nitrogen and oxygen atoms in total. The van der Waals surface area contributed by atoms with Gasteiger partial charge in [0.25, 0.3) is 5.91 Å². The van der Waals surface area contributed by atoms with Crippen LogP contribution in [0.25, 0.3) is 0 Å². The number of aliphatic hydroxyl groups is 1. The van der Waals surface area contributed by atoms with Crippen LogP contribution in [0.2, 0.25) is 0 Å². The molecule has 2 aromatic carbocycles. The van der Waals surface area contributed by atoms with Crippen LogP contribution in [-0.2, 0) is 24.8 Å². The molecule has 1 heterocycles. The van der Waals surface area contributed by atoms with Crippen LogP contribution in [0.3, 0.4) is 0 Å². The van der Waals surface area contributed by atoms with E-state index < -0.39 is 38.1 Å². The maximum atomic E-state index is 14.1. The fraction of sp³-hybridized carbons (Fsp3) is 0.552. The van der Waals surface area contributed by atoms with Gasteiger partial charge in [0, 0.05) is 38.3 Å². The number of benzene rings is 2. The number of nitrogens with one attached hydrogen (secondary N) is 1. The van der Waals surface area contributed by atoms with Gasteiger partial charge in [-0.05, 0) is 63.4 Å². The summed E-state index contributed by atoms with van der Waals surface area (Å²) in [5.41, 5.74) is 0.363. The van der Waals surface area contributed by atoms with Gasteiger partial charge in [-0.1, -0.05) is 25.1 Å². The largest absolute Gasteiger partial charge is 0.490 e. The van der Waals surface area contributed by atoms with Crippen molar-refractivity contribution in [1.82, 2.24) is 9.21 Å². The van der Waals surface area contributed by atoms with Crippen LogP contribution in [0.1, 0.15) is 50.4 Å². The highest BCUT2D eigenvalue weighted by molar-refractivity contribution is 7.92. The molecule has 0 bridgehead atoms. The summed E-state index contributed by atoms with van der Waals surface area (Å²) in [6.45, 7) is 5.77. The van der Waals surface area contributed by atoms with Crippen LogP contribution in [-0.4, -0.2) is 94.9 Å². The monoisotopic (exact) mass is 625 g/mol. The molecule has 4 atom stereocenters. The third-order valence-electron chi connectivity index (χ3n) is 7.24. The van der Waals surface area contributed by atoms with Gasteiger partial charge in [0.05, 0.1) is 41.6 Å². The molecule has 0 unspecified atom stereocenters. The number of amides is 1. The minimum atomic E-state index is -3.77. The molecule has 1 aliphatic heterocycles. The fourth-order valence-electron chi connectivity index (χ4n) is 4.79. The zero-order chi connectivity index (χ0) is 31.1. The molecule has 1 amide bonds. The van der Waals surface area contributed by atoms with E-state index in [0.717, 1.165) is 19.1 Å². The van der Waals surface area contributed by atoms with Crippen LogP contribution < -0.4 is 9.46 Å². The summed E-state index contributed by atoms with van der Waals surface area (Å²) in [5, 5.41) is 10.1. The van der Waals surface area contributed by atoms with Crippen LogP contribution in [0, 0.1) is 5.92 Å². The Kier molecular flexibility index (Phi) is 11.8. The van der Waals surface area contributed by atoms with Crippen molar-refractivity contribution in [3.63, 3.8) is 0 Å². The zero-order valence-corrected chi connectivity index (χ0v) is 26.5. The lowest BCUT2D eigenvalue weighted by atomic mass is 10.0. The van der Waals surface area contributed by atoms with Crippen LogP contribution in [0.4, 0.5) is 5.69 Å². The van der Waals surface area contributed by atoms with E-state index >= 15 is 0 Å². The van der Waals surface area contributed by atoms with E-state index in [1.165, 1.54) is 22.3 Å². The van der Waals surface area contributed by atoms with Crippen molar-refractivity contribution >= 4 is 31.6 Å². The quantitative estimate of drug-likeness (QED) is 0.456. The molecule has 13 heteroatoms. The predicted octanol–water partition coefficient (Wildman–Crippen LogP) is 3.17. The van der Waals surface area contributed by atoms with E-state index in [4.69, 9.17) is 9.47 Å². The Morgan fingerprint density at radius 2 is 1.79 bits per heavy atom. The van der Waals surface area contributed by atoms with Gasteiger partial charge in [0.2, 0.25) is 20.0 Å². The first kappa shape index (κ1) is 33.8. The lowest BCUT2D eigenvalue weighted by Crippen LogP contribution is -2.48. The summed E-state index contributed by atoms with van der Waals surface area (Å²) >= 11 is 0. The molecule has 0 spiro atoms. The number of hydrogen-bond donors (Lipinski definition) is 2. The number of likely N-dealkylation sites (N-methyl/N-ethyl adjacent to an activating group) is 1. The van der Waals surface area contributed by atoms with Crippen molar-refractivity contribution in [2.24, 2.45) is 5.92 Å². The van der Waals surface area contributed by atoms with Gasteiger partial charge in [-0.15, -0.1) is 0 Å². The number of anilines is 1. The number of fused-ring (bicyclic) bond motifs is 1. The molecule has 0 saturated heterocycles. The third kappa shape index (κ3) is 9.14. The summed E-state index contributed by atoms with van der Waals surface area (Å²) in [6.07, 6.45) is 2.42. The van der Waals surface area contributed by atoms with E-state index in [1.807, 2.05) is 13.8 Å². The highest BCUT2D eigenvalue weighted by atomic mass is 32.2. The molecule has 2 N–H and O–H groups in total. The summed E-state index contributed by atoms with van der Waals surface area (Å²) in [5.74, 6) is -0.475. The van der Waals surface area contributed by atoms with Crippen molar-refractivity contribution in [2.45, 2.75) is 63.2 Å². The first-order valence-corrected chi connectivity index (χ1v) is 17.4. The number of sulfonamides is 2. The molecular formula is C29H43N3O8S2. The number of hydrogen-bond acceptors (Lipinski definition) is 8. The topological polar surface area (TPSA) is 143 Å². The number of rotatable bonds is 8. The molecule has 1 aliphatic rings. The van der Waals surface area contributed by atoms with E-state index in [-0.39, 0.29) is 47.9 Å². The second kappa shape index (κ2) is 14.6. The van der Waals surface area contributed by atoms with Gasteiger partial charge in [-0.3, -0.25) is 9.52 Å². The maximum absolute atomic E-state index is 14.1. The Bertz CT molecular complexity index is 1400. The van der Waals surface area contributed by atoms with Gasteiger partial charge < -0.3 is 19.5 Å². The summed E-state index contributed by atoms with van der Waals surface area (Å²) in [4.78, 5) is 15.7. The van der Waals surface area contributed by atoms with Crippen LogP contribution in [0.5, 0.6) is 5.75 Å². The minimum Gasteiger partial charge on any atom is -0.490 e. The Hall–Kier alpha value is -2.71. The lowest BCUT2D eigenvalue weighted by Gasteiger charge is -2.35. The van der Waals surface area contributed by atoms with Crippen LogP contribution in [0.15, 0.2) is 53.4 Å². The van der Waals surface area contributed by atoms with Crippen molar-refractivity contribution in [2.75, 3.05) is 44.3 Å². The van der Waals surface area contributed by atoms with Crippen molar-refractivity contribution in [1.29, 1.82) is 0 Å². The number of aliphatic hydroxyl groups excluding tert-OH is 1. The van der Waals surface area contributed by atoms with Gasteiger partial charge in [0.15, 0.2) is 0 Å². The molecule has 0 aromatic heterocycles. The maximum Gasteiger partial charge on any atom is 0.258 e. The third-order valence-corrected chi connectivity index (χ3v) is 9.69. The second-order valence-corrected chi connectivity index (χ2v) is 14.8. The first-order chi connectivity index (χ1) is 19.7. The molecule has 234 valence electrons. The standard InChI is InChI=1S/C29H43N3O8S2/c1-21-18-32(22(2)20-33)29(34)26-17-24(30-41(5,35)36)14-15-27(26)40-23(3)11-9-10-16-39-28(21)19-31(4)42(37,38)25-12-7-6-8-13-25/h6-8,12-15,17,21-23,28,30,33H,9-11,16,18-20H2,1-5H3/t21-,22+,23-,28+/m1/s1. The van der Waals surface area contributed by atoms with E-state index in [0.29, 0.717) is 18.8 Å². The van der Waals surface area contributed by atoms with Gasteiger partial charge >= 0.3 is 0 Å². The summed E-state index contributed by atoms with van der Waals surface area (Å²) in [6, 6.07) is 12.1. The Balaban J connectivity index is 1.98. The number of ether oxygens (including phenoxy) is 2. The zero-order valence-electron chi connectivity index (χ0n) is 24.9. The van der Waals surface area contributed by atoms with E-state index in [1.54, 1.807) is 49.4 Å². The SMILES string of the molecule is C[C@@H]1CCCCO[C@@H](CN(C)S(=O)(=O)c2ccccc2)[C@H](C)CN([C@@H](C)CO)C(=O)c2cc(NS(C)(=O)=O)ccc2O1. The number of carbonyl (C=O) groups is 1. The first-order valence-electron chi connectivity index (χ1n) is 14.1. The van der Waals surface area contributed by atoms with Gasteiger partial charge in [0.1, 0.15) is 5.75 Å². The molecule has 2 aromatic rings. The average molecular weight is 626 g/mol. The number of nitrogens with zero attached hydrogens (tertiary/aromatic N) is 2. The molecule has 42 heavy (non-hydrogen) atoms. The normalized spacial score (nSPS) is 22.1. The van der Waals surface area contributed by atoms with E-state index in [9.17, 15) is 26.7 Å². The van der Waals surface area contributed by atoms with Crippen molar-refractivity contribution in [3.05, 3.63) is 54.1 Å². The molecule has 3 rings (SSSR count). The van der Waals surface area contributed by atoms with Gasteiger partial charge in [-0.2, -0.15) is 4.31 Å². The highest BCUT2D eigenvalue weighted by Crippen LogP contribution is 2.29. The Morgan fingerprint density at radius 1 is 1.10 bits per heavy atom. The van der Waals surface area contributed by atoms with Gasteiger partial charge in [-0.25, -0.2) is 16.8 Å².